The van der Waals surface area contributed by atoms with Crippen LogP contribution in [0.25, 0.3) is 10.2 Å². The van der Waals surface area contributed by atoms with Crippen LogP contribution < -0.4 is 19.1 Å². The molecule has 0 radical (unpaired) electrons. The number of nitrogens with zero attached hydrogens (tertiary/aromatic N) is 3. The molecule has 0 spiro atoms. The maximum atomic E-state index is 13.8. The maximum Gasteiger partial charge on any atom is 0.260 e. The van der Waals surface area contributed by atoms with Gasteiger partial charge in [0.2, 0.25) is 5.75 Å². The summed E-state index contributed by atoms with van der Waals surface area (Å²) in [6.45, 7) is 11.5. The van der Waals surface area contributed by atoms with Gasteiger partial charge in [-0.2, -0.15) is 0 Å². The number of amides is 1. The Bertz CT molecular complexity index is 1110. The highest BCUT2D eigenvalue weighted by Crippen LogP contribution is 2.39. The first-order valence-corrected chi connectivity index (χ1v) is 11.9. The molecule has 0 fully saturated rings. The lowest BCUT2D eigenvalue weighted by Crippen LogP contribution is -2.38. The lowest BCUT2D eigenvalue weighted by Gasteiger charge is -2.25. The van der Waals surface area contributed by atoms with Gasteiger partial charge in [0.15, 0.2) is 16.6 Å². The van der Waals surface area contributed by atoms with Gasteiger partial charge in [0, 0.05) is 18.7 Å². The fourth-order valence-electron chi connectivity index (χ4n) is 3.76. The molecule has 186 valence electrons. The number of ether oxygens (including phenoxy) is 3. The van der Waals surface area contributed by atoms with Gasteiger partial charge in [0.05, 0.1) is 31.5 Å². The van der Waals surface area contributed by atoms with E-state index in [0.29, 0.717) is 34.5 Å². The molecule has 0 bridgehead atoms. The van der Waals surface area contributed by atoms with E-state index in [1.54, 1.807) is 38.4 Å². The summed E-state index contributed by atoms with van der Waals surface area (Å²) in [5.74, 6) is 1.19. The zero-order valence-electron chi connectivity index (χ0n) is 20.9. The lowest BCUT2D eigenvalue weighted by atomic mass is 10.1. The van der Waals surface area contributed by atoms with Crippen molar-refractivity contribution in [2.45, 2.75) is 27.7 Å². The summed E-state index contributed by atoms with van der Waals surface area (Å²) >= 11 is 1.53. The van der Waals surface area contributed by atoms with Crippen molar-refractivity contribution in [2.75, 3.05) is 52.4 Å². The minimum atomic E-state index is -0.158. The summed E-state index contributed by atoms with van der Waals surface area (Å²) in [7, 11) is 4.63. The molecule has 0 unspecified atom stereocenters. The number of hydrogen-bond donors (Lipinski definition) is 0. The highest BCUT2D eigenvalue weighted by atomic mass is 35.5. The molecule has 7 nitrogen and oxygen atoms in total. The number of carbonyl (C=O) groups is 1. The second-order valence-electron chi connectivity index (χ2n) is 7.75. The van der Waals surface area contributed by atoms with Crippen molar-refractivity contribution in [2.24, 2.45) is 0 Å². The minimum absolute atomic E-state index is 0. The van der Waals surface area contributed by atoms with E-state index in [9.17, 15) is 4.79 Å². The number of halogens is 1. The van der Waals surface area contributed by atoms with Crippen LogP contribution in [0.5, 0.6) is 17.2 Å². The summed E-state index contributed by atoms with van der Waals surface area (Å²) in [6.07, 6.45) is 0. The fourth-order valence-corrected chi connectivity index (χ4v) is 4.80. The zero-order chi connectivity index (χ0) is 24.1. The van der Waals surface area contributed by atoms with Gasteiger partial charge in [-0.3, -0.25) is 9.69 Å². The Morgan fingerprint density at radius 2 is 1.59 bits per heavy atom. The number of likely N-dealkylation sites (N-methyl/N-ethyl adjacent to an activating group) is 1. The molecule has 0 aliphatic rings. The number of hydrogen-bond acceptors (Lipinski definition) is 7. The smallest absolute Gasteiger partial charge is 0.260 e. The molecule has 1 aromatic heterocycles. The van der Waals surface area contributed by atoms with Gasteiger partial charge in [-0.25, -0.2) is 4.98 Å². The highest BCUT2D eigenvalue weighted by Gasteiger charge is 2.25. The molecule has 0 N–H and O–H groups in total. The van der Waals surface area contributed by atoms with Crippen molar-refractivity contribution in [3.8, 4) is 17.2 Å². The van der Waals surface area contributed by atoms with E-state index in [1.165, 1.54) is 16.9 Å². The Labute approximate surface area is 212 Å². The number of fused-ring (bicyclic) bond motifs is 1. The van der Waals surface area contributed by atoms with E-state index in [2.05, 4.69) is 44.7 Å². The van der Waals surface area contributed by atoms with Crippen LogP contribution in [0.3, 0.4) is 0 Å². The van der Waals surface area contributed by atoms with E-state index >= 15 is 0 Å². The van der Waals surface area contributed by atoms with Crippen LogP contribution in [-0.4, -0.2) is 63.3 Å². The molecule has 3 aromatic rings. The summed E-state index contributed by atoms with van der Waals surface area (Å²) < 4.78 is 17.4. The Hall–Kier alpha value is -2.55. The number of carbonyl (C=O) groups excluding carboxylic acids is 1. The predicted octanol–water partition coefficient (Wildman–Crippen LogP) is 5.35. The number of anilines is 1. The van der Waals surface area contributed by atoms with Gasteiger partial charge in [-0.05, 0) is 56.3 Å². The van der Waals surface area contributed by atoms with Gasteiger partial charge in [0.1, 0.15) is 0 Å². The highest BCUT2D eigenvalue weighted by molar-refractivity contribution is 7.22. The topological polar surface area (TPSA) is 64.1 Å². The first kappa shape index (κ1) is 27.7. The van der Waals surface area contributed by atoms with Crippen molar-refractivity contribution < 1.29 is 19.0 Å². The summed E-state index contributed by atoms with van der Waals surface area (Å²) in [6, 6.07) is 7.56. The molecule has 2 aromatic carbocycles. The molecule has 0 aliphatic heterocycles. The van der Waals surface area contributed by atoms with Gasteiger partial charge >= 0.3 is 0 Å². The first-order valence-electron chi connectivity index (χ1n) is 11.1. The van der Waals surface area contributed by atoms with Crippen molar-refractivity contribution in [3.63, 3.8) is 0 Å². The SMILES string of the molecule is CCN(CC)CCN(C(=O)c1cc(OC)c(OC)c(OC)c1)c1nc2c(C)c(C)ccc2s1.Cl. The fraction of sp³-hybridized carbons (Fsp3) is 0.440. The molecule has 34 heavy (non-hydrogen) atoms. The van der Waals surface area contributed by atoms with Crippen LogP contribution in [0.15, 0.2) is 24.3 Å². The van der Waals surface area contributed by atoms with Crippen molar-refractivity contribution in [3.05, 3.63) is 41.0 Å². The third-order valence-electron chi connectivity index (χ3n) is 6.00. The second-order valence-corrected chi connectivity index (χ2v) is 8.76. The number of thiazole rings is 1. The number of methoxy groups -OCH3 is 3. The predicted molar refractivity (Wildman–Crippen MR) is 142 cm³/mol. The van der Waals surface area contributed by atoms with E-state index in [1.807, 2.05) is 0 Å². The van der Waals surface area contributed by atoms with Crippen molar-refractivity contribution in [1.82, 2.24) is 9.88 Å². The van der Waals surface area contributed by atoms with Crippen LogP contribution in [0, 0.1) is 13.8 Å². The molecule has 3 rings (SSSR count). The Balaban J connectivity index is 0.00000408. The Morgan fingerprint density at radius 3 is 2.12 bits per heavy atom. The van der Waals surface area contributed by atoms with Gasteiger partial charge in [-0.15, -0.1) is 12.4 Å². The summed E-state index contributed by atoms with van der Waals surface area (Å²) in [5, 5.41) is 0.685. The van der Waals surface area contributed by atoms with Crippen LogP contribution in [-0.2, 0) is 0 Å². The third kappa shape index (κ3) is 5.56. The standard InChI is InChI=1S/C25H33N3O4S.ClH/c1-8-27(9-2)12-13-28(25-26-22-17(4)16(3)10-11-21(22)33-25)24(29)18-14-19(30-5)23(32-7)20(15-18)31-6;/h10-11,14-15H,8-9,12-13H2,1-7H3;1H. The van der Waals surface area contributed by atoms with Crippen molar-refractivity contribution in [1.29, 1.82) is 0 Å². The molecular formula is C25H34ClN3O4S. The number of aryl methyl sites for hydroxylation is 2. The molecular weight excluding hydrogens is 474 g/mol. The molecule has 1 amide bonds. The van der Waals surface area contributed by atoms with Crippen LogP contribution in [0.1, 0.15) is 35.3 Å². The number of aromatic nitrogens is 1. The average molecular weight is 508 g/mol. The molecule has 0 saturated heterocycles. The minimum Gasteiger partial charge on any atom is -0.493 e. The second kappa shape index (κ2) is 12.2. The van der Waals surface area contributed by atoms with Gasteiger partial charge in [-0.1, -0.05) is 31.3 Å². The third-order valence-corrected chi connectivity index (χ3v) is 7.04. The molecule has 0 atom stereocenters. The lowest BCUT2D eigenvalue weighted by molar-refractivity contribution is 0.0983. The monoisotopic (exact) mass is 507 g/mol. The molecule has 0 saturated carbocycles. The number of rotatable bonds is 10. The summed E-state index contributed by atoms with van der Waals surface area (Å²) in [4.78, 5) is 22.8. The van der Waals surface area contributed by atoms with E-state index < -0.39 is 0 Å². The van der Waals surface area contributed by atoms with E-state index in [-0.39, 0.29) is 18.3 Å². The van der Waals surface area contributed by atoms with Gasteiger partial charge < -0.3 is 19.1 Å². The van der Waals surface area contributed by atoms with E-state index in [0.717, 1.165) is 35.4 Å². The number of benzene rings is 2. The zero-order valence-corrected chi connectivity index (χ0v) is 22.6. The largest absolute Gasteiger partial charge is 0.493 e. The van der Waals surface area contributed by atoms with Crippen LogP contribution in [0.4, 0.5) is 5.13 Å². The van der Waals surface area contributed by atoms with E-state index in [4.69, 9.17) is 19.2 Å². The van der Waals surface area contributed by atoms with Crippen LogP contribution >= 0.6 is 23.7 Å². The van der Waals surface area contributed by atoms with Gasteiger partial charge in [0.25, 0.3) is 5.91 Å². The molecule has 9 heteroatoms. The quantitative estimate of drug-likeness (QED) is 0.368. The Morgan fingerprint density at radius 1 is 0.971 bits per heavy atom. The maximum absolute atomic E-state index is 13.8. The van der Waals surface area contributed by atoms with Crippen molar-refractivity contribution >= 4 is 45.0 Å². The van der Waals surface area contributed by atoms with Crippen LogP contribution in [0.2, 0.25) is 0 Å². The Kier molecular flexibility index (Phi) is 9.97. The first-order chi connectivity index (χ1) is 15.9. The molecule has 0 aliphatic carbocycles. The average Bonchev–Trinajstić information content (AvgIpc) is 3.27. The molecule has 1 heterocycles. The summed E-state index contributed by atoms with van der Waals surface area (Å²) in [5.41, 5.74) is 3.72. The normalized spacial score (nSPS) is 10.8.